The molecule has 0 fully saturated rings. The molecule has 130 heavy (non-hydrogen) atoms. The molecule has 0 bridgehead atoms. The van der Waals surface area contributed by atoms with E-state index in [1.54, 1.807) is 0 Å². The first-order valence-electron chi connectivity index (χ1n) is 45.3. The number of para-hydroxylation sites is 4. The van der Waals surface area contributed by atoms with E-state index in [0.717, 1.165) is 0 Å². The van der Waals surface area contributed by atoms with Gasteiger partial charge in [0.15, 0.2) is 0 Å². The van der Waals surface area contributed by atoms with E-state index in [4.69, 9.17) is 0 Å². The second-order valence-corrected chi connectivity index (χ2v) is 35.4. The predicted octanol–water partition coefficient (Wildman–Crippen LogP) is 34.9. The summed E-state index contributed by atoms with van der Waals surface area (Å²) < 4.78 is 7.55. The number of nitrogens with zero attached hydrogens (tertiary/aromatic N) is 3. The van der Waals surface area contributed by atoms with Crippen LogP contribution in [0.25, 0.3) is 246 Å². The molecular formula is C127H83N3. The quantitative estimate of drug-likeness (QED) is 0.141. The number of benzene rings is 24. The number of hydrogen-bond donors (Lipinski definition) is 0. The van der Waals surface area contributed by atoms with Gasteiger partial charge in [0.1, 0.15) is 0 Å². The predicted molar refractivity (Wildman–Crippen MR) is 557 cm³/mol. The molecule has 0 saturated heterocycles. The topological polar surface area (TPSA) is 14.8 Å². The van der Waals surface area contributed by atoms with Gasteiger partial charge in [-0.25, -0.2) is 0 Å². The van der Waals surface area contributed by atoms with Crippen molar-refractivity contribution in [2.45, 2.75) is 19.3 Å². The Bertz CT molecular complexity index is 9370. The van der Waals surface area contributed by atoms with Gasteiger partial charge in [0.25, 0.3) is 0 Å². The average Bonchev–Trinajstić information content (AvgIpc) is 1.55. The smallest absolute Gasteiger partial charge is 0.0626 e. The molecule has 1 aliphatic rings. The lowest BCUT2D eigenvalue weighted by Crippen LogP contribution is -2.15. The molecule has 0 saturated carbocycles. The molecule has 0 radical (unpaired) electrons. The molecule has 3 heterocycles. The SMILES string of the molecule is CC1(C)c2ccccc2-c2ccc(-n3c4ccccc4c4c5c6ccccc6c(-c6ccccc6)cc5c5ccccc5c43)cc21.c1ccc(-c2cc3c4ccccc4c4c(c5ccccc5n4-c4cccc5ccccc45)c3c3ccccc23)cc1.c1ccc(-c2ccccc2-n2c3ccccc3c3c4c5ccccc5c(-c5ccccc5)cc4c4ccccc4c32)cc1. The Morgan fingerprint density at radius 3 is 0.892 bits per heavy atom. The molecule has 0 atom stereocenters. The van der Waals surface area contributed by atoms with E-state index in [9.17, 15) is 0 Å². The van der Waals surface area contributed by atoms with Crippen LogP contribution < -0.4 is 0 Å². The minimum absolute atomic E-state index is 0.0699. The zero-order valence-corrected chi connectivity index (χ0v) is 71.8. The molecular weight excluding hydrogens is 1570 g/mol. The maximum absolute atomic E-state index is 2.53. The van der Waals surface area contributed by atoms with E-state index in [0.29, 0.717) is 0 Å². The van der Waals surface area contributed by atoms with Gasteiger partial charge >= 0.3 is 0 Å². The van der Waals surface area contributed by atoms with Crippen LogP contribution in [0.5, 0.6) is 0 Å². The number of fused-ring (bicyclic) bond motifs is 34. The zero-order valence-electron chi connectivity index (χ0n) is 71.8. The van der Waals surface area contributed by atoms with Crippen molar-refractivity contribution < 1.29 is 0 Å². The Morgan fingerprint density at radius 2 is 0.454 bits per heavy atom. The zero-order chi connectivity index (χ0) is 85.8. The van der Waals surface area contributed by atoms with Crippen molar-refractivity contribution >= 4 is 173 Å². The van der Waals surface area contributed by atoms with Crippen molar-refractivity contribution in [1.29, 1.82) is 0 Å². The van der Waals surface area contributed by atoms with Crippen LogP contribution in [0.1, 0.15) is 25.0 Å². The fourth-order valence-electron chi connectivity index (χ4n) is 22.7. The Balaban J connectivity index is 0.000000103. The second-order valence-electron chi connectivity index (χ2n) is 35.4. The maximum atomic E-state index is 2.53. The van der Waals surface area contributed by atoms with Crippen molar-refractivity contribution in [1.82, 2.24) is 13.7 Å². The molecule has 0 aliphatic heterocycles. The monoisotopic (exact) mass is 1650 g/mol. The first kappa shape index (κ1) is 74.7. The lowest BCUT2D eigenvalue weighted by Gasteiger charge is -2.22. The van der Waals surface area contributed by atoms with Gasteiger partial charge in [0.2, 0.25) is 0 Å². The van der Waals surface area contributed by atoms with E-state index in [-0.39, 0.29) is 5.41 Å². The maximum Gasteiger partial charge on any atom is 0.0626 e. The molecule has 24 aromatic carbocycles. The average molecular weight is 1650 g/mol. The van der Waals surface area contributed by atoms with Crippen molar-refractivity contribution in [2.75, 3.05) is 0 Å². The van der Waals surface area contributed by atoms with Gasteiger partial charge in [-0.3, -0.25) is 0 Å². The first-order valence-corrected chi connectivity index (χ1v) is 45.3. The van der Waals surface area contributed by atoms with Gasteiger partial charge in [-0.05, 0) is 192 Å². The van der Waals surface area contributed by atoms with E-state index >= 15 is 0 Å². The molecule has 0 spiro atoms. The molecule has 3 aromatic heterocycles. The molecule has 28 rings (SSSR count). The van der Waals surface area contributed by atoms with Gasteiger partial charge < -0.3 is 13.7 Å². The largest absolute Gasteiger partial charge is 0.309 e. The molecule has 0 N–H and O–H groups in total. The summed E-state index contributed by atoms with van der Waals surface area (Å²) in [6.07, 6.45) is 0. The summed E-state index contributed by atoms with van der Waals surface area (Å²) in [5.74, 6) is 0. The first-order chi connectivity index (χ1) is 64.4. The minimum atomic E-state index is -0.0699. The Kier molecular flexibility index (Phi) is 17.1. The van der Waals surface area contributed by atoms with Crippen LogP contribution in [-0.2, 0) is 5.41 Å². The molecule has 0 amide bonds. The van der Waals surface area contributed by atoms with Gasteiger partial charge in [-0.2, -0.15) is 0 Å². The Hall–Kier alpha value is -16.7. The Labute approximate surface area is 751 Å². The van der Waals surface area contributed by atoms with Crippen molar-refractivity contribution in [3.63, 3.8) is 0 Å². The van der Waals surface area contributed by atoms with Crippen LogP contribution in [0, 0.1) is 0 Å². The van der Waals surface area contributed by atoms with Crippen LogP contribution in [0.2, 0.25) is 0 Å². The van der Waals surface area contributed by atoms with Crippen LogP contribution in [0.4, 0.5) is 0 Å². The van der Waals surface area contributed by atoms with Crippen LogP contribution >= 0.6 is 0 Å². The molecule has 0 unspecified atom stereocenters. The summed E-state index contributed by atoms with van der Waals surface area (Å²) in [6, 6.07) is 171. The number of rotatable bonds is 7. The van der Waals surface area contributed by atoms with Crippen molar-refractivity contribution in [2.24, 2.45) is 0 Å². The van der Waals surface area contributed by atoms with E-state index in [1.807, 2.05) is 0 Å². The number of aromatic nitrogens is 3. The molecule has 3 nitrogen and oxygen atoms in total. The highest BCUT2D eigenvalue weighted by molar-refractivity contribution is 6.41. The van der Waals surface area contributed by atoms with Crippen molar-refractivity contribution in [3.05, 3.63) is 478 Å². The molecule has 606 valence electrons. The van der Waals surface area contributed by atoms with Gasteiger partial charge in [0, 0.05) is 86.7 Å². The normalized spacial score (nSPS) is 12.4. The van der Waals surface area contributed by atoms with Gasteiger partial charge in [-0.15, -0.1) is 0 Å². The van der Waals surface area contributed by atoms with Gasteiger partial charge in [0.05, 0.1) is 44.5 Å². The summed E-state index contributed by atoms with van der Waals surface area (Å²) in [7, 11) is 0. The Morgan fingerprint density at radius 1 is 0.162 bits per heavy atom. The van der Waals surface area contributed by atoms with Crippen LogP contribution in [0.15, 0.2) is 467 Å². The second kappa shape index (κ2) is 29.7. The lowest BCUT2D eigenvalue weighted by molar-refractivity contribution is 0.660. The van der Waals surface area contributed by atoms with E-state index in [2.05, 4.69) is 495 Å². The van der Waals surface area contributed by atoms with Gasteiger partial charge in [-0.1, -0.05) is 420 Å². The summed E-state index contributed by atoms with van der Waals surface area (Å²) >= 11 is 0. The standard InChI is InChI=1S/C45H31N.C42H27N.C40H25N/c1-45(2)39-22-12-10-18-32(39)33-25-24-29(26-40(33)45)46-41-23-13-11-21-36(41)43-42-34-19-8-6-16-30(34)37(28-14-4-3-5-15-28)27-38(42)31-17-7-9-20-35(31)44(43)46;1-3-15-28(16-4-1)30-19-11-13-25-38(30)43-39-26-14-12-24-35(39)41-40-33-22-9-7-20-31(33)36(29-17-5-2-6-18-29)27-37(40)32-21-8-10-23-34(32)42(41)43;1-2-13-27(14-3-1)34-25-35-30-19-7-9-21-32(30)40-39(38(35)31-20-8-6-18-29(31)34)33-22-10-11-23-37(33)41(40)36-24-12-16-26-15-4-5-17-28(26)36/h3-27H,1-2H3;1-27H;1-25H. The van der Waals surface area contributed by atoms with E-state index in [1.165, 1.54) is 257 Å². The summed E-state index contributed by atoms with van der Waals surface area (Å²) in [6.45, 7) is 4.74. The third-order valence-corrected chi connectivity index (χ3v) is 28.2. The summed E-state index contributed by atoms with van der Waals surface area (Å²) in [4.78, 5) is 0. The lowest BCUT2D eigenvalue weighted by atomic mass is 9.82. The third-order valence-electron chi connectivity index (χ3n) is 28.2. The van der Waals surface area contributed by atoms with Crippen LogP contribution in [0.3, 0.4) is 0 Å². The fourth-order valence-corrected chi connectivity index (χ4v) is 22.7. The highest BCUT2D eigenvalue weighted by Crippen LogP contribution is 2.55. The summed E-state index contributed by atoms with van der Waals surface area (Å²) in [5.41, 5.74) is 26.5. The highest BCUT2D eigenvalue weighted by atomic mass is 15.0. The highest BCUT2D eigenvalue weighted by Gasteiger charge is 2.36. The molecule has 3 heteroatoms. The summed E-state index contributed by atoms with van der Waals surface area (Å²) in [5, 5.41) is 33.5. The van der Waals surface area contributed by atoms with Crippen molar-refractivity contribution in [3.8, 4) is 72.7 Å². The molecule has 27 aromatic rings. The third kappa shape index (κ3) is 11.3. The minimum Gasteiger partial charge on any atom is -0.309 e. The molecule has 1 aliphatic carbocycles. The van der Waals surface area contributed by atoms with E-state index < -0.39 is 0 Å². The number of hydrogen-bond acceptors (Lipinski definition) is 0. The fraction of sp³-hybridized carbons (Fsp3) is 0.0236. The van der Waals surface area contributed by atoms with Crippen LogP contribution in [-0.4, -0.2) is 13.7 Å².